The van der Waals surface area contributed by atoms with Crippen molar-refractivity contribution >= 4 is 29.1 Å². The summed E-state index contributed by atoms with van der Waals surface area (Å²) in [4.78, 5) is 22.8. The first-order chi connectivity index (χ1) is 11.5. The molecule has 1 aliphatic heterocycles. The molecule has 0 bridgehead atoms. The third kappa shape index (κ3) is 2.63. The SMILES string of the molecule is CC1=NN(c2ccccc2)C(=O)/C1=C\c1cccc([N+](=O)[O-])c1O. The van der Waals surface area contributed by atoms with E-state index in [4.69, 9.17) is 0 Å². The Bertz CT molecular complexity index is 888. The van der Waals surface area contributed by atoms with E-state index in [1.165, 1.54) is 29.3 Å². The van der Waals surface area contributed by atoms with Crippen LogP contribution in [0.2, 0.25) is 0 Å². The number of nitro groups is 1. The van der Waals surface area contributed by atoms with Gasteiger partial charge in [-0.25, -0.2) is 0 Å². The first kappa shape index (κ1) is 15.4. The largest absolute Gasteiger partial charge is 0.502 e. The number of anilines is 1. The molecule has 0 aliphatic carbocycles. The molecule has 0 radical (unpaired) electrons. The molecule has 1 heterocycles. The van der Waals surface area contributed by atoms with E-state index in [0.717, 1.165) is 0 Å². The molecule has 7 nitrogen and oxygen atoms in total. The van der Waals surface area contributed by atoms with Gasteiger partial charge in [-0.05, 0) is 25.1 Å². The second-order valence-electron chi connectivity index (χ2n) is 5.17. The normalized spacial score (nSPS) is 15.7. The van der Waals surface area contributed by atoms with Crippen molar-refractivity contribution in [1.82, 2.24) is 0 Å². The zero-order chi connectivity index (χ0) is 17.3. The number of carbonyl (C=O) groups is 1. The van der Waals surface area contributed by atoms with Crippen molar-refractivity contribution in [3.05, 3.63) is 69.8 Å². The lowest BCUT2D eigenvalue weighted by molar-refractivity contribution is -0.385. The summed E-state index contributed by atoms with van der Waals surface area (Å²) in [6.45, 7) is 1.67. The minimum Gasteiger partial charge on any atom is -0.502 e. The van der Waals surface area contributed by atoms with Crippen LogP contribution in [-0.2, 0) is 4.79 Å². The average molecular weight is 323 g/mol. The fraction of sp³-hybridized carbons (Fsp3) is 0.0588. The van der Waals surface area contributed by atoms with E-state index in [1.54, 1.807) is 31.2 Å². The van der Waals surface area contributed by atoms with Gasteiger partial charge in [0.25, 0.3) is 5.91 Å². The summed E-state index contributed by atoms with van der Waals surface area (Å²) in [5.41, 5.74) is 1.14. The molecule has 0 unspecified atom stereocenters. The minimum atomic E-state index is -0.676. The molecule has 1 amide bonds. The van der Waals surface area contributed by atoms with Gasteiger partial charge in [-0.3, -0.25) is 14.9 Å². The number of amides is 1. The summed E-state index contributed by atoms with van der Waals surface area (Å²) < 4.78 is 0. The average Bonchev–Trinajstić information content (AvgIpc) is 2.85. The van der Waals surface area contributed by atoms with E-state index in [0.29, 0.717) is 11.4 Å². The molecular weight excluding hydrogens is 310 g/mol. The highest BCUT2D eigenvalue weighted by molar-refractivity contribution is 6.32. The van der Waals surface area contributed by atoms with Crippen molar-refractivity contribution in [2.24, 2.45) is 5.10 Å². The van der Waals surface area contributed by atoms with Crippen molar-refractivity contribution in [3.63, 3.8) is 0 Å². The Morgan fingerprint density at radius 3 is 2.54 bits per heavy atom. The number of hydrazone groups is 1. The predicted molar refractivity (Wildman–Crippen MR) is 89.8 cm³/mol. The Morgan fingerprint density at radius 2 is 1.88 bits per heavy atom. The standard InChI is InChI=1S/C17H13N3O4/c1-11-14(10-12-6-5-9-15(16(12)21)20(23)24)17(22)19(18-11)13-7-3-2-4-8-13/h2-10,21H,1H3/b14-10-. The molecule has 2 aromatic carbocycles. The van der Waals surface area contributed by atoms with E-state index in [1.807, 2.05) is 6.07 Å². The number of nitrogens with zero attached hydrogens (tertiary/aromatic N) is 3. The van der Waals surface area contributed by atoms with Crippen molar-refractivity contribution < 1.29 is 14.8 Å². The molecule has 1 N–H and O–H groups in total. The van der Waals surface area contributed by atoms with E-state index >= 15 is 0 Å². The van der Waals surface area contributed by atoms with Gasteiger partial charge >= 0.3 is 5.69 Å². The van der Waals surface area contributed by atoms with Crippen molar-refractivity contribution in [3.8, 4) is 5.75 Å². The summed E-state index contributed by atoms with van der Waals surface area (Å²) in [5.74, 6) is -0.835. The van der Waals surface area contributed by atoms with Crippen LogP contribution in [-0.4, -0.2) is 21.6 Å². The van der Waals surface area contributed by atoms with Crippen molar-refractivity contribution in [2.45, 2.75) is 6.92 Å². The predicted octanol–water partition coefficient (Wildman–Crippen LogP) is 3.11. The fourth-order valence-electron chi connectivity index (χ4n) is 2.40. The number of phenols is 1. The van der Waals surface area contributed by atoms with Crippen LogP contribution in [0.3, 0.4) is 0 Å². The summed E-state index contributed by atoms with van der Waals surface area (Å²) in [7, 11) is 0. The molecule has 3 rings (SSSR count). The van der Waals surface area contributed by atoms with Crippen LogP contribution < -0.4 is 5.01 Å². The Labute approximate surface area is 137 Å². The van der Waals surface area contributed by atoms with Crippen LogP contribution in [0.25, 0.3) is 6.08 Å². The van der Waals surface area contributed by atoms with Crippen LogP contribution in [0.1, 0.15) is 12.5 Å². The monoisotopic (exact) mass is 323 g/mol. The van der Waals surface area contributed by atoms with Crippen LogP contribution >= 0.6 is 0 Å². The highest BCUT2D eigenvalue weighted by Crippen LogP contribution is 2.32. The maximum Gasteiger partial charge on any atom is 0.311 e. The van der Waals surface area contributed by atoms with Crippen LogP contribution in [0.4, 0.5) is 11.4 Å². The maximum atomic E-state index is 12.6. The first-order valence-corrected chi connectivity index (χ1v) is 7.12. The second kappa shape index (κ2) is 5.96. The fourth-order valence-corrected chi connectivity index (χ4v) is 2.40. The molecule has 0 saturated carbocycles. The van der Waals surface area contributed by atoms with Gasteiger partial charge in [-0.15, -0.1) is 0 Å². The molecule has 7 heteroatoms. The molecule has 0 fully saturated rings. The lowest BCUT2D eigenvalue weighted by Gasteiger charge is -2.11. The lowest BCUT2D eigenvalue weighted by atomic mass is 10.1. The molecule has 24 heavy (non-hydrogen) atoms. The van der Waals surface area contributed by atoms with Crippen LogP contribution in [0.5, 0.6) is 5.75 Å². The Kier molecular flexibility index (Phi) is 3.83. The van der Waals surface area contributed by atoms with Crippen molar-refractivity contribution in [1.29, 1.82) is 0 Å². The number of phenolic OH excluding ortho intramolecular Hbond substituents is 1. The minimum absolute atomic E-state index is 0.192. The Morgan fingerprint density at radius 1 is 1.17 bits per heavy atom. The smallest absolute Gasteiger partial charge is 0.311 e. The lowest BCUT2D eigenvalue weighted by Crippen LogP contribution is -2.21. The van der Waals surface area contributed by atoms with Gasteiger partial charge in [-0.2, -0.15) is 10.1 Å². The summed E-state index contributed by atoms with van der Waals surface area (Å²) in [6.07, 6.45) is 1.41. The highest BCUT2D eigenvalue weighted by Gasteiger charge is 2.29. The molecule has 120 valence electrons. The molecule has 0 atom stereocenters. The number of hydrogen-bond acceptors (Lipinski definition) is 5. The molecular formula is C17H13N3O4. The molecule has 0 aromatic heterocycles. The Balaban J connectivity index is 2.01. The number of benzene rings is 2. The van der Waals surface area contributed by atoms with E-state index in [2.05, 4.69) is 5.10 Å². The van der Waals surface area contributed by atoms with Gasteiger partial charge < -0.3 is 5.11 Å². The molecule has 0 spiro atoms. The van der Waals surface area contributed by atoms with Gasteiger partial charge in [0.15, 0.2) is 0 Å². The number of carbonyl (C=O) groups excluding carboxylic acids is 1. The van der Waals surface area contributed by atoms with E-state index < -0.39 is 16.4 Å². The Hall–Kier alpha value is -3.48. The molecule has 1 aliphatic rings. The summed E-state index contributed by atoms with van der Waals surface area (Å²) in [6, 6.07) is 13.1. The molecule has 2 aromatic rings. The van der Waals surface area contributed by atoms with E-state index in [-0.39, 0.29) is 17.0 Å². The maximum absolute atomic E-state index is 12.6. The number of nitro benzene ring substituents is 1. The van der Waals surface area contributed by atoms with Crippen molar-refractivity contribution in [2.75, 3.05) is 5.01 Å². The molecule has 0 saturated heterocycles. The number of aromatic hydroxyl groups is 1. The zero-order valence-corrected chi connectivity index (χ0v) is 12.7. The summed E-state index contributed by atoms with van der Waals surface area (Å²) >= 11 is 0. The summed E-state index contributed by atoms with van der Waals surface area (Å²) in [5, 5.41) is 26.4. The third-order valence-electron chi connectivity index (χ3n) is 3.61. The third-order valence-corrected chi connectivity index (χ3v) is 3.61. The van der Waals surface area contributed by atoms with E-state index in [9.17, 15) is 20.0 Å². The van der Waals surface area contributed by atoms with Gasteiger partial charge in [0.05, 0.1) is 21.9 Å². The van der Waals surface area contributed by atoms with Gasteiger partial charge in [0, 0.05) is 11.6 Å². The van der Waals surface area contributed by atoms with Gasteiger partial charge in [0.1, 0.15) is 0 Å². The topological polar surface area (TPSA) is 96.0 Å². The quantitative estimate of drug-likeness (QED) is 0.533. The number of hydrogen-bond donors (Lipinski definition) is 1. The first-order valence-electron chi connectivity index (χ1n) is 7.12. The number of para-hydroxylation sites is 2. The number of rotatable bonds is 3. The zero-order valence-electron chi connectivity index (χ0n) is 12.7. The van der Waals surface area contributed by atoms with Gasteiger partial charge in [-0.1, -0.05) is 30.3 Å². The van der Waals surface area contributed by atoms with Gasteiger partial charge in [0.2, 0.25) is 5.75 Å². The second-order valence-corrected chi connectivity index (χ2v) is 5.17. The van der Waals surface area contributed by atoms with Crippen LogP contribution in [0, 0.1) is 10.1 Å². The highest BCUT2D eigenvalue weighted by atomic mass is 16.6. The van der Waals surface area contributed by atoms with Crippen LogP contribution in [0.15, 0.2) is 59.2 Å².